The van der Waals surface area contributed by atoms with Gasteiger partial charge in [0.15, 0.2) is 6.61 Å². The first kappa shape index (κ1) is 16.3. The third kappa shape index (κ3) is 6.06. The lowest BCUT2D eigenvalue weighted by Crippen LogP contribution is -2.30. The van der Waals surface area contributed by atoms with E-state index in [1.807, 2.05) is 18.2 Å². The second-order valence-electron chi connectivity index (χ2n) is 5.82. The molecule has 0 spiro atoms. The van der Waals surface area contributed by atoms with E-state index in [1.165, 1.54) is 12.8 Å². The minimum absolute atomic E-state index is 0.0494. The molecular weight excluding hydrogens is 332 g/mol. The van der Waals surface area contributed by atoms with E-state index in [9.17, 15) is 4.79 Å². The van der Waals surface area contributed by atoms with E-state index in [1.54, 1.807) is 0 Å². The molecule has 5 heteroatoms. The topological polar surface area (TPSA) is 50.4 Å². The van der Waals surface area contributed by atoms with Crippen LogP contribution in [0.25, 0.3) is 0 Å². The molecule has 0 radical (unpaired) electrons. The van der Waals surface area contributed by atoms with Crippen LogP contribution in [0.4, 0.5) is 0 Å². The largest absolute Gasteiger partial charge is 0.484 e. The summed E-state index contributed by atoms with van der Waals surface area (Å²) in [6, 6.07) is 6.22. The minimum Gasteiger partial charge on any atom is -0.484 e. The predicted octanol–water partition coefficient (Wildman–Crippen LogP) is 2.85. The number of amides is 1. The van der Waals surface area contributed by atoms with Gasteiger partial charge in [0.25, 0.3) is 5.91 Å². The van der Waals surface area contributed by atoms with E-state index in [0.29, 0.717) is 12.0 Å². The van der Waals surface area contributed by atoms with Gasteiger partial charge in [0.05, 0.1) is 0 Å². The van der Waals surface area contributed by atoms with Gasteiger partial charge in [-0.3, -0.25) is 4.79 Å². The summed E-state index contributed by atoms with van der Waals surface area (Å²) in [7, 11) is 0. The lowest BCUT2D eigenvalue weighted by atomic mass is 10.2. The van der Waals surface area contributed by atoms with Gasteiger partial charge in [-0.15, -0.1) is 0 Å². The molecule has 0 aliphatic heterocycles. The Morgan fingerprint density at radius 2 is 2.19 bits per heavy atom. The molecule has 0 atom stereocenters. The number of carbonyl (C=O) groups is 1. The number of rotatable bonds is 8. The summed E-state index contributed by atoms with van der Waals surface area (Å²) < 4.78 is 6.61. The molecule has 1 aromatic carbocycles. The van der Waals surface area contributed by atoms with Crippen LogP contribution in [0.5, 0.6) is 5.75 Å². The number of hydrogen-bond acceptors (Lipinski definition) is 3. The van der Waals surface area contributed by atoms with E-state index in [2.05, 4.69) is 40.4 Å². The average molecular weight is 355 g/mol. The van der Waals surface area contributed by atoms with E-state index in [0.717, 1.165) is 28.9 Å². The van der Waals surface area contributed by atoms with E-state index >= 15 is 0 Å². The summed E-state index contributed by atoms with van der Waals surface area (Å²) in [5.41, 5.74) is 1.12. The third-order valence-electron chi connectivity index (χ3n) is 3.37. The Bertz CT molecular complexity index is 487. The average Bonchev–Trinajstić information content (AvgIpc) is 3.26. The van der Waals surface area contributed by atoms with Crippen LogP contribution >= 0.6 is 15.9 Å². The summed E-state index contributed by atoms with van der Waals surface area (Å²) in [6.07, 6.45) is 2.47. The zero-order valence-corrected chi connectivity index (χ0v) is 14.2. The number of carbonyl (C=O) groups excluding carboxylic acids is 1. The Morgan fingerprint density at radius 1 is 1.43 bits per heavy atom. The Labute approximate surface area is 134 Å². The predicted molar refractivity (Wildman–Crippen MR) is 87.3 cm³/mol. The van der Waals surface area contributed by atoms with Crippen LogP contribution in [0.1, 0.15) is 32.3 Å². The van der Waals surface area contributed by atoms with Crippen molar-refractivity contribution in [3.63, 3.8) is 0 Å². The van der Waals surface area contributed by atoms with Gasteiger partial charge < -0.3 is 15.4 Å². The number of ether oxygens (including phenoxy) is 1. The van der Waals surface area contributed by atoms with Crippen molar-refractivity contribution in [3.8, 4) is 5.75 Å². The van der Waals surface area contributed by atoms with Crippen molar-refractivity contribution >= 4 is 21.8 Å². The molecule has 2 N–H and O–H groups in total. The first-order valence-corrected chi connectivity index (χ1v) is 8.25. The molecular formula is C16H23BrN2O2. The molecule has 1 saturated carbocycles. The number of nitrogens with one attached hydrogen (secondary N) is 2. The smallest absolute Gasteiger partial charge is 0.257 e. The van der Waals surface area contributed by atoms with E-state index < -0.39 is 0 Å². The van der Waals surface area contributed by atoms with Crippen LogP contribution in [-0.4, -0.2) is 25.1 Å². The maximum absolute atomic E-state index is 11.7. The molecule has 1 aliphatic rings. The molecule has 0 saturated heterocycles. The summed E-state index contributed by atoms with van der Waals surface area (Å²) in [5, 5.41) is 6.26. The Balaban J connectivity index is 1.81. The van der Waals surface area contributed by atoms with Gasteiger partial charge >= 0.3 is 0 Å². The minimum atomic E-state index is -0.0494. The summed E-state index contributed by atoms with van der Waals surface area (Å²) in [5.74, 6) is 1.36. The van der Waals surface area contributed by atoms with Crippen molar-refractivity contribution in [3.05, 3.63) is 28.2 Å². The molecule has 2 rings (SSSR count). The number of benzene rings is 1. The highest BCUT2D eigenvalue weighted by Gasteiger charge is 2.21. The van der Waals surface area contributed by atoms with Gasteiger partial charge in [-0.25, -0.2) is 0 Å². The van der Waals surface area contributed by atoms with Crippen LogP contribution in [0, 0.1) is 5.92 Å². The Hall–Kier alpha value is -1.07. The SMILES string of the molecule is CC(C)NCc1cc(OCC(=O)NCC2CC2)ccc1Br. The van der Waals surface area contributed by atoms with Crippen LogP contribution in [-0.2, 0) is 11.3 Å². The Kier molecular flexibility index (Phi) is 6.06. The van der Waals surface area contributed by atoms with Gasteiger partial charge in [0.2, 0.25) is 0 Å². The number of halogens is 1. The first-order valence-electron chi connectivity index (χ1n) is 7.46. The van der Waals surface area contributed by atoms with Crippen molar-refractivity contribution in [1.29, 1.82) is 0 Å². The quantitative estimate of drug-likeness (QED) is 0.754. The fraction of sp³-hybridized carbons (Fsp3) is 0.562. The van der Waals surface area contributed by atoms with Crippen molar-refractivity contribution in [2.24, 2.45) is 5.92 Å². The molecule has 0 heterocycles. The van der Waals surface area contributed by atoms with Crippen LogP contribution < -0.4 is 15.4 Å². The highest BCUT2D eigenvalue weighted by atomic mass is 79.9. The fourth-order valence-electron chi connectivity index (χ4n) is 1.87. The second kappa shape index (κ2) is 7.80. The van der Waals surface area contributed by atoms with Crippen molar-refractivity contribution in [2.45, 2.75) is 39.3 Å². The summed E-state index contributed by atoms with van der Waals surface area (Å²) in [4.78, 5) is 11.7. The van der Waals surface area contributed by atoms with Crippen molar-refractivity contribution < 1.29 is 9.53 Å². The third-order valence-corrected chi connectivity index (χ3v) is 4.15. The molecule has 0 unspecified atom stereocenters. The Morgan fingerprint density at radius 3 is 2.86 bits per heavy atom. The molecule has 0 aromatic heterocycles. The fourth-order valence-corrected chi connectivity index (χ4v) is 2.26. The standard InChI is InChI=1S/C16H23BrN2O2/c1-11(2)18-9-13-7-14(5-6-15(13)17)21-10-16(20)19-8-12-3-4-12/h5-7,11-12,18H,3-4,8-10H2,1-2H3,(H,19,20). The van der Waals surface area contributed by atoms with Gasteiger partial charge in [0.1, 0.15) is 5.75 Å². The zero-order chi connectivity index (χ0) is 15.2. The van der Waals surface area contributed by atoms with Crippen LogP contribution in [0.3, 0.4) is 0 Å². The van der Waals surface area contributed by atoms with E-state index in [-0.39, 0.29) is 12.5 Å². The van der Waals surface area contributed by atoms with Crippen LogP contribution in [0.15, 0.2) is 22.7 Å². The monoisotopic (exact) mass is 354 g/mol. The van der Waals surface area contributed by atoms with Crippen molar-refractivity contribution in [1.82, 2.24) is 10.6 Å². The van der Waals surface area contributed by atoms with E-state index in [4.69, 9.17) is 4.74 Å². The maximum atomic E-state index is 11.7. The lowest BCUT2D eigenvalue weighted by Gasteiger charge is -2.12. The molecule has 0 bridgehead atoms. The lowest BCUT2D eigenvalue weighted by molar-refractivity contribution is -0.123. The molecule has 1 aromatic rings. The maximum Gasteiger partial charge on any atom is 0.257 e. The van der Waals surface area contributed by atoms with Gasteiger partial charge in [-0.1, -0.05) is 29.8 Å². The van der Waals surface area contributed by atoms with Gasteiger partial charge in [-0.05, 0) is 42.5 Å². The number of hydrogen-bond donors (Lipinski definition) is 2. The molecule has 1 aliphatic carbocycles. The van der Waals surface area contributed by atoms with Gasteiger partial charge in [-0.2, -0.15) is 0 Å². The van der Waals surface area contributed by atoms with Crippen LogP contribution in [0.2, 0.25) is 0 Å². The summed E-state index contributed by atoms with van der Waals surface area (Å²) in [6.45, 7) is 5.84. The normalized spacial score (nSPS) is 14.3. The van der Waals surface area contributed by atoms with Crippen molar-refractivity contribution in [2.75, 3.05) is 13.2 Å². The highest BCUT2D eigenvalue weighted by molar-refractivity contribution is 9.10. The second-order valence-corrected chi connectivity index (χ2v) is 6.68. The molecule has 21 heavy (non-hydrogen) atoms. The van der Waals surface area contributed by atoms with Gasteiger partial charge in [0, 0.05) is 23.6 Å². The summed E-state index contributed by atoms with van der Waals surface area (Å²) >= 11 is 3.53. The molecule has 116 valence electrons. The first-order chi connectivity index (χ1) is 10.0. The molecule has 1 amide bonds. The zero-order valence-electron chi connectivity index (χ0n) is 12.6. The molecule has 4 nitrogen and oxygen atoms in total. The highest BCUT2D eigenvalue weighted by Crippen LogP contribution is 2.27. The molecule has 1 fully saturated rings.